The van der Waals surface area contributed by atoms with Gasteiger partial charge in [-0.3, -0.25) is 15.1 Å². The van der Waals surface area contributed by atoms with Crippen LogP contribution in [0.1, 0.15) is 399 Å². The molecule has 1 saturated carbocycles. The molecule has 2 saturated heterocycles. The first-order valence-electron chi connectivity index (χ1n) is 49.0. The van der Waals surface area contributed by atoms with Gasteiger partial charge in [0.1, 0.15) is 6.33 Å². The van der Waals surface area contributed by atoms with Crippen molar-refractivity contribution in [1.82, 2.24) is 40.3 Å². The van der Waals surface area contributed by atoms with Gasteiger partial charge in [0.2, 0.25) is 13.2 Å². The Hall–Kier alpha value is -7.35. The summed E-state index contributed by atoms with van der Waals surface area (Å²) in [7, 11) is 0. The summed E-state index contributed by atoms with van der Waals surface area (Å²) in [6, 6.07) is 44.1. The molecule has 13 nitrogen and oxygen atoms in total. The molecule has 13 heteroatoms. The first kappa shape index (κ1) is 145. The zero-order valence-electron chi connectivity index (χ0n) is 90.4. The summed E-state index contributed by atoms with van der Waals surface area (Å²) in [5, 5.41) is 12.4. The maximum atomic E-state index is 5.25. The monoisotopic (exact) mass is 1740 g/mol. The molecule has 9 aromatic rings. The molecule has 5 aromatic heterocycles. The molecule has 4 aliphatic rings. The molecular weight excluding hydrogens is 1530 g/mol. The number of H-pyrrole nitrogens is 1. The number of nitrogens with one attached hydrogen (secondary N) is 1. The Kier molecular flexibility index (Phi) is 145. The number of pyridine rings is 2. The molecule has 0 unspecified atom stereocenters. The number of fused-ring (bicyclic) bond motifs is 3. The van der Waals surface area contributed by atoms with Crippen LogP contribution >= 0.6 is 0 Å². The highest BCUT2D eigenvalue weighted by Crippen LogP contribution is 2.31. The van der Waals surface area contributed by atoms with E-state index in [4.69, 9.17) is 18.9 Å². The van der Waals surface area contributed by atoms with E-state index in [1.165, 1.54) is 93.3 Å². The van der Waals surface area contributed by atoms with Crippen molar-refractivity contribution < 1.29 is 23.5 Å². The molecule has 0 amide bonds. The van der Waals surface area contributed by atoms with Gasteiger partial charge < -0.3 is 23.5 Å². The SMILES string of the molecule is C1CCOC1.CC.CC.CC.CC.CC.CC.CC.CC.CC.CC.CC(C)C.CC(C)C.CC(C)C.CC(C)C.CC(C)C.CC(C)C.CC(C)C1CCCCC1.CC(C)C1CCOCC1.CC(C)c1cccc2cccnc12.CC(C)c1ccccc1.c1ccc2[nH]ncc2c1.c1ccc2c(c1)OCO2.c1ccncc1.c1cncnc1.c1ncon1. The van der Waals surface area contributed by atoms with Gasteiger partial charge in [-0.15, -0.1) is 0 Å². The highest BCUT2D eigenvalue weighted by molar-refractivity contribution is 5.82. The zero-order chi connectivity index (χ0) is 98.6. The Balaban J connectivity index is -0.0000000961. The van der Waals surface area contributed by atoms with Gasteiger partial charge >= 0.3 is 0 Å². The molecule has 724 valence electrons. The third-order valence-electron chi connectivity index (χ3n) is 13.3. The number of hydrogen-bond donors (Lipinski definition) is 1. The number of rotatable bonds is 4. The fourth-order valence-electron chi connectivity index (χ4n) is 8.56. The van der Waals surface area contributed by atoms with Crippen molar-refractivity contribution in [1.29, 1.82) is 0 Å². The fraction of sp³-hybridized carbons (Fsp3) is 0.649. The number of para-hydroxylation sites is 4. The predicted molar refractivity (Wildman–Crippen MR) is 562 cm³/mol. The smallest absolute Gasteiger partial charge is 0.231 e. The van der Waals surface area contributed by atoms with Gasteiger partial charge in [-0.25, -0.2) is 15.0 Å². The van der Waals surface area contributed by atoms with Crippen LogP contribution in [0.3, 0.4) is 0 Å². The van der Waals surface area contributed by atoms with E-state index in [-0.39, 0.29) is 0 Å². The van der Waals surface area contributed by atoms with Crippen LogP contribution in [0.5, 0.6) is 11.5 Å². The van der Waals surface area contributed by atoms with Gasteiger partial charge in [-0.2, -0.15) is 5.10 Å². The molecule has 0 radical (unpaired) electrons. The molecule has 1 aliphatic carbocycles. The maximum Gasteiger partial charge on any atom is 0.231 e. The second-order valence-corrected chi connectivity index (χ2v) is 31.0. The first-order chi connectivity index (χ1) is 59.5. The maximum absolute atomic E-state index is 5.25. The number of hydrogen-bond acceptors (Lipinski definition) is 12. The van der Waals surface area contributed by atoms with Crippen LogP contribution in [-0.4, -0.2) is 73.5 Å². The number of nitrogens with zero attached hydrogens (tertiary/aromatic N) is 7. The molecule has 0 spiro atoms. The van der Waals surface area contributed by atoms with Crippen molar-refractivity contribution in [3.63, 3.8) is 0 Å². The minimum atomic E-state index is 0.360. The van der Waals surface area contributed by atoms with Crippen molar-refractivity contribution in [2.24, 2.45) is 59.2 Å². The van der Waals surface area contributed by atoms with Gasteiger partial charge in [0.05, 0.1) is 17.2 Å². The average Bonchev–Trinajstić information content (AvgIpc) is 1.18. The number of ether oxygens (including phenoxy) is 4. The van der Waals surface area contributed by atoms with E-state index in [1.807, 2.05) is 230 Å². The second kappa shape index (κ2) is 124. The highest BCUT2D eigenvalue weighted by Gasteiger charge is 2.17. The summed E-state index contributed by atoms with van der Waals surface area (Å²) in [6.07, 6.45) is 27.2. The Labute approximate surface area is 773 Å². The summed E-state index contributed by atoms with van der Waals surface area (Å²) < 4.78 is 24.6. The molecule has 4 aromatic carbocycles. The normalized spacial score (nSPS) is 11.3. The molecule has 0 atom stereocenters. The Bertz CT molecular complexity index is 2850. The van der Waals surface area contributed by atoms with Crippen LogP contribution in [0, 0.1) is 59.2 Å². The lowest BCUT2D eigenvalue weighted by Gasteiger charge is -2.24. The van der Waals surface area contributed by atoms with Crippen molar-refractivity contribution >= 4 is 21.8 Å². The first-order valence-corrected chi connectivity index (χ1v) is 49.0. The number of aromatic amines is 1. The molecule has 3 fully saturated rings. The lowest BCUT2D eigenvalue weighted by molar-refractivity contribution is 0.0523. The average molecular weight is 1740 g/mol. The molecular formula is C111H210N8O5. The third kappa shape index (κ3) is 123. The van der Waals surface area contributed by atoms with Crippen molar-refractivity contribution in [2.45, 2.75) is 388 Å². The minimum absolute atomic E-state index is 0.360. The van der Waals surface area contributed by atoms with Crippen LogP contribution in [0.25, 0.3) is 21.8 Å². The molecule has 13 rings (SSSR count). The van der Waals surface area contributed by atoms with Gasteiger partial charge in [0, 0.05) is 68.2 Å². The van der Waals surface area contributed by atoms with E-state index in [1.54, 1.807) is 30.9 Å². The molecule has 8 heterocycles. The fourth-order valence-corrected chi connectivity index (χ4v) is 8.56. The van der Waals surface area contributed by atoms with Crippen LogP contribution < -0.4 is 9.47 Å². The lowest BCUT2D eigenvalue weighted by atomic mass is 9.82. The Morgan fingerprint density at radius 3 is 0.976 bits per heavy atom. The van der Waals surface area contributed by atoms with E-state index >= 15 is 0 Å². The lowest BCUT2D eigenvalue weighted by Crippen LogP contribution is -2.19. The van der Waals surface area contributed by atoms with Gasteiger partial charge in [-0.05, 0) is 150 Å². The van der Waals surface area contributed by atoms with Crippen LogP contribution in [-0.2, 0) is 9.47 Å². The Morgan fingerprint density at radius 2 is 0.685 bits per heavy atom. The van der Waals surface area contributed by atoms with E-state index in [0.717, 1.165) is 114 Å². The van der Waals surface area contributed by atoms with E-state index in [2.05, 4.69) is 273 Å². The van der Waals surface area contributed by atoms with E-state index in [9.17, 15) is 0 Å². The molecule has 124 heavy (non-hydrogen) atoms. The van der Waals surface area contributed by atoms with Crippen LogP contribution in [0.4, 0.5) is 0 Å². The Morgan fingerprint density at radius 1 is 0.315 bits per heavy atom. The standard InChI is InChI=1S/C12H13N.C9H18.C9H12.C8H16O.C7H6N2.C7H6O2.C5H5N.C4H4N2.C4H8O.6C4H10.C2H2N2O.10C2H6/c1-9(2)11-7-3-5-10-6-4-8-13-12(10)11;2*1-8(2)9-6-4-3-5-7-9;1-7(2)8-3-5-9-6-4-8;1-2-4-7-6(3-1)5-8-9-7;1-2-4-7-6(3-1)8-5-9-7;1-2-4-6-5-3-1;1-2-5-4-6-3-1;1-2-4-5-3-1;6*1-4(2)3;1-3-2-5-4-1;10*1-2/h3-9H,1-2H3;8-9H,3-7H2,1-2H3;3-8H,1-2H3;7-8H,3-6H2,1-2H3;1-5H,(H,8,9);1-4H,5H2;1-5H;1-4H;1-4H2;6*4H,1-3H3;1-2H;10*1-2H3. The van der Waals surface area contributed by atoms with E-state index in [0.29, 0.717) is 18.6 Å². The molecule has 0 bridgehead atoms. The zero-order valence-corrected chi connectivity index (χ0v) is 90.4. The van der Waals surface area contributed by atoms with Crippen molar-refractivity contribution in [3.8, 4) is 11.5 Å². The largest absolute Gasteiger partial charge is 0.454 e. The predicted octanol–water partition coefficient (Wildman–Crippen LogP) is 37.1. The van der Waals surface area contributed by atoms with E-state index < -0.39 is 0 Å². The minimum Gasteiger partial charge on any atom is -0.454 e. The van der Waals surface area contributed by atoms with Crippen molar-refractivity contribution in [2.75, 3.05) is 33.2 Å². The van der Waals surface area contributed by atoms with Gasteiger partial charge in [0.15, 0.2) is 17.8 Å². The topological polar surface area (TPSA) is 156 Å². The molecule has 1 N–H and O–H groups in total. The number of benzene rings is 4. The number of aromatic nitrogens is 8. The van der Waals surface area contributed by atoms with Gasteiger partial charge in [0.25, 0.3) is 0 Å². The summed E-state index contributed by atoms with van der Waals surface area (Å²) in [5.41, 5.74) is 4.98. The third-order valence-corrected chi connectivity index (χ3v) is 13.3. The van der Waals surface area contributed by atoms with Crippen LogP contribution in [0.2, 0.25) is 0 Å². The van der Waals surface area contributed by atoms with Crippen LogP contribution in [0.15, 0.2) is 194 Å². The quantitative estimate of drug-likeness (QED) is 0.178. The summed E-state index contributed by atoms with van der Waals surface area (Å²) >= 11 is 0. The molecule has 3 aliphatic heterocycles. The highest BCUT2D eigenvalue weighted by atomic mass is 16.7. The second-order valence-electron chi connectivity index (χ2n) is 31.0. The summed E-state index contributed by atoms with van der Waals surface area (Å²) in [6.45, 7) is 101. The van der Waals surface area contributed by atoms with Crippen molar-refractivity contribution in [3.05, 3.63) is 201 Å². The summed E-state index contributed by atoms with van der Waals surface area (Å²) in [5.74, 6) is 11.7. The van der Waals surface area contributed by atoms with Gasteiger partial charge in [-0.1, -0.05) is 447 Å². The summed E-state index contributed by atoms with van der Waals surface area (Å²) in [4.78, 5) is 19.0.